The topological polar surface area (TPSA) is 62.2 Å². The average molecular weight is 262 g/mol. The maximum Gasteiger partial charge on any atom is 0.243 e. The number of hydrogen-bond donors (Lipinski definition) is 2. The summed E-state index contributed by atoms with van der Waals surface area (Å²) in [5.41, 5.74) is 0.829. The lowest BCUT2D eigenvalue weighted by molar-refractivity contribution is -0.116. The molecule has 0 saturated carbocycles. The van der Waals surface area contributed by atoms with Crippen LogP contribution in [-0.4, -0.2) is 29.1 Å². The number of pyridine rings is 1. The zero-order valence-corrected chi connectivity index (χ0v) is 11.6. The van der Waals surface area contributed by atoms with Gasteiger partial charge in [-0.15, -0.1) is 0 Å². The van der Waals surface area contributed by atoms with Gasteiger partial charge in [0.1, 0.15) is 0 Å². The lowest BCUT2D eigenvalue weighted by Gasteiger charge is -2.20. The number of rotatable bonds is 7. The number of carbonyl (C=O) groups excluding carboxylic acids is 1. The molecule has 4 heteroatoms. The van der Waals surface area contributed by atoms with Gasteiger partial charge >= 0.3 is 0 Å². The summed E-state index contributed by atoms with van der Waals surface area (Å²) in [5, 5.41) is 11.9. The number of hydrogen-bond acceptors (Lipinski definition) is 3. The molecule has 0 aliphatic carbocycles. The summed E-state index contributed by atoms with van der Waals surface area (Å²) in [4.78, 5) is 15.5. The highest BCUT2D eigenvalue weighted by molar-refractivity contribution is 5.91. The van der Waals surface area contributed by atoms with Crippen LogP contribution in [0.15, 0.2) is 30.6 Å². The summed E-state index contributed by atoms with van der Waals surface area (Å²) in [6.07, 6.45) is 8.39. The zero-order chi connectivity index (χ0) is 14.1. The van der Waals surface area contributed by atoms with Gasteiger partial charge in [0.25, 0.3) is 0 Å². The molecule has 4 nitrogen and oxygen atoms in total. The van der Waals surface area contributed by atoms with Gasteiger partial charge in [0.05, 0.1) is 0 Å². The van der Waals surface area contributed by atoms with Crippen LogP contribution in [-0.2, 0) is 4.79 Å². The molecular weight excluding hydrogens is 240 g/mol. The Balaban J connectivity index is 2.24. The Morgan fingerprint density at radius 3 is 2.95 bits per heavy atom. The van der Waals surface area contributed by atoms with Crippen molar-refractivity contribution in [3.63, 3.8) is 0 Å². The summed E-state index contributed by atoms with van der Waals surface area (Å²) in [7, 11) is 0. The molecule has 2 N–H and O–H groups in total. The maximum atomic E-state index is 11.5. The Morgan fingerprint density at radius 1 is 1.53 bits per heavy atom. The van der Waals surface area contributed by atoms with E-state index < -0.39 is 0 Å². The molecule has 0 spiro atoms. The number of aliphatic hydroxyl groups excluding tert-OH is 1. The molecule has 0 bridgehead atoms. The average Bonchev–Trinajstić information content (AvgIpc) is 2.42. The van der Waals surface area contributed by atoms with Crippen molar-refractivity contribution in [2.45, 2.75) is 26.7 Å². The normalized spacial score (nSPS) is 11.7. The first-order valence-electron chi connectivity index (χ1n) is 6.50. The molecular formula is C15H22N2O2. The molecule has 0 atom stereocenters. The van der Waals surface area contributed by atoms with Crippen LogP contribution in [0.3, 0.4) is 0 Å². The number of carbonyl (C=O) groups is 1. The van der Waals surface area contributed by atoms with Gasteiger partial charge in [-0.2, -0.15) is 0 Å². The maximum absolute atomic E-state index is 11.5. The monoisotopic (exact) mass is 262 g/mol. The van der Waals surface area contributed by atoms with Crippen LogP contribution in [0.5, 0.6) is 0 Å². The number of nitrogens with one attached hydrogen (secondary N) is 1. The highest BCUT2D eigenvalue weighted by Crippen LogP contribution is 2.20. The molecule has 1 heterocycles. The SMILES string of the molecule is CC(C)(CO)CCCNC(=O)/C=C/c1cccnc1. The number of aliphatic hydroxyl groups is 1. The van der Waals surface area contributed by atoms with Crippen LogP contribution in [0.1, 0.15) is 32.3 Å². The molecule has 0 unspecified atom stereocenters. The third kappa shape index (κ3) is 6.72. The first-order valence-corrected chi connectivity index (χ1v) is 6.50. The number of nitrogens with zero attached hydrogens (tertiary/aromatic N) is 1. The van der Waals surface area contributed by atoms with Crippen molar-refractivity contribution in [3.8, 4) is 0 Å². The minimum Gasteiger partial charge on any atom is -0.396 e. The van der Waals surface area contributed by atoms with E-state index >= 15 is 0 Å². The number of aromatic nitrogens is 1. The highest BCUT2D eigenvalue weighted by atomic mass is 16.3. The minimum absolute atomic E-state index is 0.0731. The first-order chi connectivity index (χ1) is 9.03. The smallest absolute Gasteiger partial charge is 0.243 e. The second-order valence-electron chi connectivity index (χ2n) is 5.34. The lowest BCUT2D eigenvalue weighted by Crippen LogP contribution is -2.24. The van der Waals surface area contributed by atoms with Crippen molar-refractivity contribution in [2.75, 3.05) is 13.2 Å². The molecule has 0 fully saturated rings. The summed E-state index contributed by atoms with van der Waals surface area (Å²) in [5.74, 6) is -0.106. The van der Waals surface area contributed by atoms with Gasteiger partial charge in [-0.25, -0.2) is 0 Å². The van der Waals surface area contributed by atoms with Crippen LogP contribution >= 0.6 is 0 Å². The molecule has 19 heavy (non-hydrogen) atoms. The standard InChI is InChI=1S/C15H22N2O2/c1-15(2,12-18)8-4-10-17-14(19)7-6-13-5-3-9-16-11-13/h3,5-7,9,11,18H,4,8,10,12H2,1-2H3,(H,17,19)/b7-6+. The summed E-state index contributed by atoms with van der Waals surface area (Å²) in [6, 6.07) is 3.72. The summed E-state index contributed by atoms with van der Waals surface area (Å²) >= 11 is 0. The van der Waals surface area contributed by atoms with Gasteiger partial charge < -0.3 is 10.4 Å². The van der Waals surface area contributed by atoms with E-state index in [1.165, 1.54) is 6.08 Å². The van der Waals surface area contributed by atoms with E-state index in [1.54, 1.807) is 18.5 Å². The molecule has 104 valence electrons. The van der Waals surface area contributed by atoms with E-state index in [0.717, 1.165) is 18.4 Å². The Bertz CT molecular complexity index is 413. The minimum atomic E-state index is -0.106. The van der Waals surface area contributed by atoms with Crippen molar-refractivity contribution < 1.29 is 9.90 Å². The van der Waals surface area contributed by atoms with E-state index in [9.17, 15) is 4.79 Å². The van der Waals surface area contributed by atoms with E-state index in [4.69, 9.17) is 5.11 Å². The van der Waals surface area contributed by atoms with Gasteiger partial charge in [0.15, 0.2) is 0 Å². The molecule has 0 aliphatic heterocycles. The quantitative estimate of drug-likeness (QED) is 0.583. The summed E-state index contributed by atoms with van der Waals surface area (Å²) < 4.78 is 0. The van der Waals surface area contributed by atoms with Gasteiger partial charge in [0, 0.05) is 31.6 Å². The van der Waals surface area contributed by atoms with Crippen molar-refractivity contribution in [2.24, 2.45) is 5.41 Å². The van der Waals surface area contributed by atoms with E-state index in [0.29, 0.717) is 6.54 Å². The zero-order valence-electron chi connectivity index (χ0n) is 11.6. The van der Waals surface area contributed by atoms with Gasteiger partial charge in [-0.1, -0.05) is 19.9 Å². The lowest BCUT2D eigenvalue weighted by atomic mass is 9.89. The van der Waals surface area contributed by atoms with Crippen molar-refractivity contribution in [1.82, 2.24) is 10.3 Å². The Morgan fingerprint density at radius 2 is 2.32 bits per heavy atom. The van der Waals surface area contributed by atoms with E-state index in [-0.39, 0.29) is 17.9 Å². The molecule has 0 radical (unpaired) electrons. The Hall–Kier alpha value is -1.68. The molecule has 0 saturated heterocycles. The van der Waals surface area contributed by atoms with Crippen molar-refractivity contribution in [3.05, 3.63) is 36.2 Å². The van der Waals surface area contributed by atoms with Crippen LogP contribution in [0, 0.1) is 5.41 Å². The van der Waals surface area contributed by atoms with Gasteiger partial charge in [-0.05, 0) is 36.0 Å². The highest BCUT2D eigenvalue weighted by Gasteiger charge is 2.15. The Labute approximate surface area is 114 Å². The largest absolute Gasteiger partial charge is 0.396 e. The van der Waals surface area contributed by atoms with Crippen molar-refractivity contribution in [1.29, 1.82) is 0 Å². The Kier molecular flexibility index (Phi) is 6.22. The van der Waals surface area contributed by atoms with E-state index in [1.807, 2.05) is 26.0 Å². The van der Waals surface area contributed by atoms with Crippen LogP contribution in [0.25, 0.3) is 6.08 Å². The predicted molar refractivity (Wildman–Crippen MR) is 76.4 cm³/mol. The third-order valence-electron chi connectivity index (χ3n) is 2.87. The van der Waals surface area contributed by atoms with Crippen molar-refractivity contribution >= 4 is 12.0 Å². The molecule has 0 aromatic carbocycles. The fourth-order valence-corrected chi connectivity index (χ4v) is 1.56. The fourth-order valence-electron chi connectivity index (χ4n) is 1.56. The second-order valence-corrected chi connectivity index (χ2v) is 5.34. The predicted octanol–water partition coefficient (Wildman–Crippen LogP) is 2.01. The molecule has 1 amide bonds. The third-order valence-corrected chi connectivity index (χ3v) is 2.87. The first kappa shape index (κ1) is 15.4. The van der Waals surface area contributed by atoms with Crippen LogP contribution < -0.4 is 5.32 Å². The second kappa shape index (κ2) is 7.69. The van der Waals surface area contributed by atoms with Gasteiger partial charge in [0.2, 0.25) is 5.91 Å². The number of amides is 1. The van der Waals surface area contributed by atoms with E-state index in [2.05, 4.69) is 10.3 Å². The molecule has 0 aliphatic rings. The molecule has 1 aromatic heterocycles. The summed E-state index contributed by atoms with van der Waals surface area (Å²) in [6.45, 7) is 4.82. The van der Waals surface area contributed by atoms with Gasteiger partial charge in [-0.3, -0.25) is 9.78 Å². The molecule has 1 rings (SSSR count). The fraction of sp³-hybridized carbons (Fsp3) is 0.467. The van der Waals surface area contributed by atoms with Crippen LogP contribution in [0.2, 0.25) is 0 Å². The van der Waals surface area contributed by atoms with Crippen LogP contribution in [0.4, 0.5) is 0 Å². The molecule has 1 aromatic rings.